The minimum Gasteiger partial charge on any atom is -0.378 e. The first-order valence-corrected chi connectivity index (χ1v) is 8.56. The van der Waals surface area contributed by atoms with Crippen LogP contribution in [0.3, 0.4) is 0 Å². The second kappa shape index (κ2) is 7.47. The van der Waals surface area contributed by atoms with Crippen LogP contribution in [0.2, 0.25) is 0 Å². The number of hydrogen-bond acceptors (Lipinski definition) is 5. The SMILES string of the molecule is COCc1cc(N2CCCC(C(=O)N(C)C)C2)nc(C(C)(C)C)n1. The minimum atomic E-state index is -0.132. The van der Waals surface area contributed by atoms with Crippen molar-refractivity contribution in [2.24, 2.45) is 5.92 Å². The summed E-state index contributed by atoms with van der Waals surface area (Å²) < 4.78 is 5.26. The maximum atomic E-state index is 12.3. The minimum absolute atomic E-state index is 0.0349. The molecule has 1 amide bonds. The molecule has 1 fully saturated rings. The molecule has 134 valence electrons. The highest BCUT2D eigenvalue weighted by Gasteiger charge is 2.29. The van der Waals surface area contributed by atoms with Crippen LogP contribution < -0.4 is 4.90 Å². The third-order valence-electron chi connectivity index (χ3n) is 4.26. The van der Waals surface area contributed by atoms with Gasteiger partial charge in [-0.25, -0.2) is 9.97 Å². The fourth-order valence-corrected chi connectivity index (χ4v) is 2.95. The highest BCUT2D eigenvalue weighted by Crippen LogP contribution is 2.26. The number of nitrogens with zero attached hydrogens (tertiary/aromatic N) is 4. The van der Waals surface area contributed by atoms with Gasteiger partial charge < -0.3 is 14.5 Å². The van der Waals surface area contributed by atoms with E-state index in [1.807, 2.05) is 20.2 Å². The van der Waals surface area contributed by atoms with E-state index in [0.29, 0.717) is 13.2 Å². The molecule has 1 aromatic heterocycles. The maximum Gasteiger partial charge on any atom is 0.226 e. The van der Waals surface area contributed by atoms with Crippen molar-refractivity contribution in [3.8, 4) is 0 Å². The summed E-state index contributed by atoms with van der Waals surface area (Å²) in [5.74, 6) is 1.95. The average Bonchev–Trinajstić information content (AvgIpc) is 2.53. The van der Waals surface area contributed by atoms with Crippen molar-refractivity contribution in [1.29, 1.82) is 0 Å². The van der Waals surface area contributed by atoms with E-state index in [9.17, 15) is 4.79 Å². The zero-order chi connectivity index (χ0) is 17.9. The zero-order valence-electron chi connectivity index (χ0n) is 15.8. The Morgan fingerprint density at radius 3 is 2.67 bits per heavy atom. The highest BCUT2D eigenvalue weighted by molar-refractivity contribution is 5.79. The summed E-state index contributed by atoms with van der Waals surface area (Å²) >= 11 is 0. The fourth-order valence-electron chi connectivity index (χ4n) is 2.95. The molecule has 1 aromatic rings. The van der Waals surface area contributed by atoms with Gasteiger partial charge in [0.25, 0.3) is 0 Å². The van der Waals surface area contributed by atoms with Crippen LogP contribution in [0.25, 0.3) is 0 Å². The molecular weight excluding hydrogens is 304 g/mol. The Morgan fingerprint density at radius 1 is 1.38 bits per heavy atom. The first-order chi connectivity index (χ1) is 11.2. The molecule has 6 heteroatoms. The van der Waals surface area contributed by atoms with Crippen LogP contribution in [-0.4, -0.2) is 55.1 Å². The number of hydrogen-bond donors (Lipinski definition) is 0. The molecule has 24 heavy (non-hydrogen) atoms. The molecule has 1 aliphatic rings. The van der Waals surface area contributed by atoms with Crippen LogP contribution in [0.5, 0.6) is 0 Å². The molecule has 0 N–H and O–H groups in total. The summed E-state index contributed by atoms with van der Waals surface area (Å²) in [5, 5.41) is 0. The summed E-state index contributed by atoms with van der Waals surface area (Å²) in [7, 11) is 5.31. The monoisotopic (exact) mass is 334 g/mol. The first kappa shape index (κ1) is 18.6. The van der Waals surface area contributed by atoms with E-state index in [1.165, 1.54) is 0 Å². The lowest BCUT2D eigenvalue weighted by Gasteiger charge is -2.34. The van der Waals surface area contributed by atoms with Gasteiger partial charge in [-0.15, -0.1) is 0 Å². The molecule has 0 saturated carbocycles. The molecule has 1 saturated heterocycles. The topological polar surface area (TPSA) is 58.6 Å². The lowest BCUT2D eigenvalue weighted by atomic mass is 9.95. The van der Waals surface area contributed by atoms with Crippen LogP contribution >= 0.6 is 0 Å². The maximum absolute atomic E-state index is 12.3. The molecule has 6 nitrogen and oxygen atoms in total. The largest absolute Gasteiger partial charge is 0.378 e. The lowest BCUT2D eigenvalue weighted by molar-refractivity contribution is -0.133. The van der Waals surface area contributed by atoms with Gasteiger partial charge in [0.05, 0.1) is 18.2 Å². The van der Waals surface area contributed by atoms with Gasteiger partial charge in [0.1, 0.15) is 11.6 Å². The van der Waals surface area contributed by atoms with E-state index in [0.717, 1.165) is 36.7 Å². The van der Waals surface area contributed by atoms with Crippen molar-refractivity contribution in [1.82, 2.24) is 14.9 Å². The predicted molar refractivity (Wildman–Crippen MR) is 95.1 cm³/mol. The molecule has 0 aromatic carbocycles. The summed E-state index contributed by atoms with van der Waals surface area (Å²) in [6.45, 7) is 8.42. The van der Waals surface area contributed by atoms with Gasteiger partial charge in [-0.1, -0.05) is 20.8 Å². The number of rotatable bonds is 4. The van der Waals surface area contributed by atoms with Gasteiger partial charge >= 0.3 is 0 Å². The average molecular weight is 334 g/mol. The Labute approximate surface area is 145 Å². The quantitative estimate of drug-likeness (QED) is 0.845. The number of ether oxygens (including phenoxy) is 1. The number of anilines is 1. The Kier molecular flexibility index (Phi) is 5.80. The molecule has 2 heterocycles. The Morgan fingerprint density at radius 2 is 2.08 bits per heavy atom. The van der Waals surface area contributed by atoms with Gasteiger partial charge in [-0.2, -0.15) is 0 Å². The van der Waals surface area contributed by atoms with E-state index in [1.54, 1.807) is 12.0 Å². The Balaban J connectivity index is 2.29. The van der Waals surface area contributed by atoms with Crippen molar-refractivity contribution in [2.45, 2.75) is 45.6 Å². The van der Waals surface area contributed by atoms with E-state index in [4.69, 9.17) is 9.72 Å². The summed E-state index contributed by atoms with van der Waals surface area (Å²) in [6.07, 6.45) is 1.94. The molecular formula is C18H30N4O2. The Hall–Kier alpha value is -1.69. The number of piperidine rings is 1. The van der Waals surface area contributed by atoms with Crippen molar-refractivity contribution in [3.05, 3.63) is 17.6 Å². The zero-order valence-corrected chi connectivity index (χ0v) is 15.8. The van der Waals surface area contributed by atoms with Crippen molar-refractivity contribution >= 4 is 11.7 Å². The van der Waals surface area contributed by atoms with Gasteiger partial charge in [0.2, 0.25) is 5.91 Å². The highest BCUT2D eigenvalue weighted by atomic mass is 16.5. The number of methoxy groups -OCH3 is 1. The normalized spacial score (nSPS) is 18.6. The van der Waals surface area contributed by atoms with E-state index >= 15 is 0 Å². The molecule has 0 spiro atoms. The number of amides is 1. The Bertz CT molecular complexity index is 581. The first-order valence-electron chi connectivity index (χ1n) is 8.56. The van der Waals surface area contributed by atoms with Gasteiger partial charge in [-0.05, 0) is 12.8 Å². The van der Waals surface area contributed by atoms with Crippen molar-refractivity contribution < 1.29 is 9.53 Å². The van der Waals surface area contributed by atoms with E-state index in [2.05, 4.69) is 30.7 Å². The van der Waals surface area contributed by atoms with Crippen LogP contribution in [-0.2, 0) is 21.6 Å². The summed E-state index contributed by atoms with van der Waals surface area (Å²) in [5.41, 5.74) is 0.751. The smallest absolute Gasteiger partial charge is 0.226 e. The van der Waals surface area contributed by atoms with Crippen molar-refractivity contribution in [3.63, 3.8) is 0 Å². The van der Waals surface area contributed by atoms with Crippen LogP contribution in [0, 0.1) is 5.92 Å². The van der Waals surface area contributed by atoms with Crippen LogP contribution in [0.1, 0.15) is 45.1 Å². The fraction of sp³-hybridized carbons (Fsp3) is 0.722. The van der Waals surface area contributed by atoms with Crippen LogP contribution in [0.15, 0.2) is 6.07 Å². The molecule has 0 radical (unpaired) electrons. The molecule has 0 aliphatic carbocycles. The van der Waals surface area contributed by atoms with E-state index < -0.39 is 0 Å². The standard InChI is InChI=1S/C18H30N4O2/c1-18(2,3)17-19-14(12-24-6)10-15(20-17)22-9-7-8-13(11-22)16(23)21(4)5/h10,13H,7-9,11-12H2,1-6H3. The summed E-state index contributed by atoms with van der Waals surface area (Å²) in [4.78, 5) is 25.6. The summed E-state index contributed by atoms with van der Waals surface area (Å²) in [6, 6.07) is 1.99. The van der Waals surface area contributed by atoms with Gasteiger partial charge in [0.15, 0.2) is 0 Å². The number of aromatic nitrogens is 2. The molecule has 0 bridgehead atoms. The third-order valence-corrected chi connectivity index (χ3v) is 4.26. The number of carbonyl (C=O) groups is 1. The van der Waals surface area contributed by atoms with Gasteiger partial charge in [0, 0.05) is 45.8 Å². The number of carbonyl (C=O) groups excluding carboxylic acids is 1. The predicted octanol–water partition coefficient (Wildman–Crippen LogP) is 2.23. The molecule has 1 atom stereocenters. The lowest BCUT2D eigenvalue weighted by Crippen LogP contribution is -2.43. The second-order valence-corrected chi connectivity index (χ2v) is 7.74. The molecule has 1 unspecified atom stereocenters. The van der Waals surface area contributed by atoms with Gasteiger partial charge in [-0.3, -0.25) is 4.79 Å². The molecule has 2 rings (SSSR count). The molecule has 1 aliphatic heterocycles. The third kappa shape index (κ3) is 4.44. The van der Waals surface area contributed by atoms with Crippen LogP contribution in [0.4, 0.5) is 5.82 Å². The van der Waals surface area contributed by atoms with Crippen molar-refractivity contribution in [2.75, 3.05) is 39.2 Å². The van der Waals surface area contributed by atoms with E-state index in [-0.39, 0.29) is 17.2 Å². The second-order valence-electron chi connectivity index (χ2n) is 7.74.